The second kappa shape index (κ2) is 4.84. The third kappa shape index (κ3) is 4.20. The molecule has 0 aliphatic heterocycles. The van der Waals surface area contributed by atoms with Crippen LogP contribution in [0.3, 0.4) is 0 Å². The highest BCUT2D eigenvalue weighted by Crippen LogP contribution is 2.18. The SMILES string of the molecule is CC(C)(CO)CS(=O)(=O)Nc1ccccc1. The Morgan fingerprint density at radius 2 is 1.81 bits per heavy atom. The van der Waals surface area contributed by atoms with Gasteiger partial charge in [0.25, 0.3) is 0 Å². The summed E-state index contributed by atoms with van der Waals surface area (Å²) in [7, 11) is -3.41. The second-order valence-electron chi connectivity index (χ2n) is 4.55. The van der Waals surface area contributed by atoms with Crippen molar-refractivity contribution in [3.05, 3.63) is 30.3 Å². The minimum Gasteiger partial charge on any atom is -0.396 e. The lowest BCUT2D eigenvalue weighted by atomic mass is 9.98. The molecule has 0 saturated heterocycles. The molecule has 0 radical (unpaired) electrons. The molecule has 0 unspecified atom stereocenters. The molecule has 1 rings (SSSR count). The van der Waals surface area contributed by atoms with Gasteiger partial charge in [0.2, 0.25) is 10.0 Å². The average molecular weight is 243 g/mol. The van der Waals surface area contributed by atoms with E-state index in [2.05, 4.69) is 4.72 Å². The van der Waals surface area contributed by atoms with Crippen molar-refractivity contribution in [2.75, 3.05) is 17.1 Å². The Balaban J connectivity index is 2.74. The molecule has 90 valence electrons. The van der Waals surface area contributed by atoms with Gasteiger partial charge in [0.1, 0.15) is 0 Å². The minimum absolute atomic E-state index is 0.106. The summed E-state index contributed by atoms with van der Waals surface area (Å²) < 4.78 is 26.0. The molecule has 0 spiro atoms. The Kier molecular flexibility index (Phi) is 3.93. The molecule has 0 aliphatic rings. The first kappa shape index (κ1) is 13.0. The van der Waals surface area contributed by atoms with Gasteiger partial charge >= 0.3 is 0 Å². The molecular weight excluding hydrogens is 226 g/mol. The van der Waals surface area contributed by atoms with E-state index in [9.17, 15) is 8.42 Å². The number of sulfonamides is 1. The molecule has 0 saturated carbocycles. The summed E-state index contributed by atoms with van der Waals surface area (Å²) >= 11 is 0. The van der Waals surface area contributed by atoms with E-state index in [4.69, 9.17) is 5.11 Å². The lowest BCUT2D eigenvalue weighted by Gasteiger charge is -2.21. The van der Waals surface area contributed by atoms with Crippen molar-refractivity contribution < 1.29 is 13.5 Å². The minimum atomic E-state index is -3.41. The number of para-hydroxylation sites is 1. The zero-order chi connectivity index (χ0) is 12.2. The molecule has 1 aromatic carbocycles. The summed E-state index contributed by atoms with van der Waals surface area (Å²) in [6.45, 7) is 3.25. The Bertz CT molecular complexity index is 426. The van der Waals surface area contributed by atoms with Gasteiger partial charge in [-0.1, -0.05) is 32.0 Å². The lowest BCUT2D eigenvalue weighted by Crippen LogP contribution is -2.31. The number of anilines is 1. The number of hydrogen-bond donors (Lipinski definition) is 2. The van der Waals surface area contributed by atoms with Crippen LogP contribution in [-0.2, 0) is 10.0 Å². The third-order valence-electron chi connectivity index (χ3n) is 2.06. The van der Waals surface area contributed by atoms with E-state index in [1.54, 1.807) is 38.1 Å². The van der Waals surface area contributed by atoms with E-state index >= 15 is 0 Å². The Labute approximate surface area is 96.4 Å². The quantitative estimate of drug-likeness (QED) is 0.822. The van der Waals surface area contributed by atoms with Crippen LogP contribution < -0.4 is 4.72 Å². The van der Waals surface area contributed by atoms with E-state index in [-0.39, 0.29) is 12.4 Å². The Hall–Kier alpha value is -1.07. The van der Waals surface area contributed by atoms with E-state index in [1.807, 2.05) is 6.07 Å². The second-order valence-corrected chi connectivity index (χ2v) is 6.27. The van der Waals surface area contributed by atoms with Crippen molar-refractivity contribution in [2.24, 2.45) is 5.41 Å². The largest absolute Gasteiger partial charge is 0.396 e. The van der Waals surface area contributed by atoms with Crippen molar-refractivity contribution in [2.45, 2.75) is 13.8 Å². The maximum absolute atomic E-state index is 11.8. The summed E-state index contributed by atoms with van der Waals surface area (Å²) in [6, 6.07) is 8.70. The molecule has 16 heavy (non-hydrogen) atoms. The number of hydrogen-bond acceptors (Lipinski definition) is 3. The molecule has 0 aromatic heterocycles. The maximum Gasteiger partial charge on any atom is 0.233 e. The molecule has 0 amide bonds. The van der Waals surface area contributed by atoms with Crippen LogP contribution in [0.5, 0.6) is 0 Å². The molecule has 0 heterocycles. The van der Waals surface area contributed by atoms with Gasteiger partial charge in [-0.05, 0) is 12.1 Å². The van der Waals surface area contributed by atoms with Crippen LogP contribution >= 0.6 is 0 Å². The predicted molar refractivity (Wildman–Crippen MR) is 64.7 cm³/mol. The molecular formula is C11H17NO3S. The molecule has 2 N–H and O–H groups in total. The van der Waals surface area contributed by atoms with E-state index in [1.165, 1.54) is 0 Å². The highest BCUT2D eigenvalue weighted by atomic mass is 32.2. The van der Waals surface area contributed by atoms with Gasteiger partial charge in [0, 0.05) is 17.7 Å². The topological polar surface area (TPSA) is 66.4 Å². The van der Waals surface area contributed by atoms with Gasteiger partial charge in [-0.2, -0.15) is 0 Å². The first-order valence-electron chi connectivity index (χ1n) is 5.01. The number of aliphatic hydroxyl groups is 1. The molecule has 4 nitrogen and oxygen atoms in total. The fourth-order valence-corrected chi connectivity index (χ4v) is 2.97. The van der Waals surface area contributed by atoms with Crippen molar-refractivity contribution in [1.29, 1.82) is 0 Å². The van der Waals surface area contributed by atoms with Gasteiger partial charge in [-0.15, -0.1) is 0 Å². The van der Waals surface area contributed by atoms with Crippen LogP contribution in [0.15, 0.2) is 30.3 Å². The first-order valence-corrected chi connectivity index (χ1v) is 6.66. The van der Waals surface area contributed by atoms with E-state index < -0.39 is 15.4 Å². The highest BCUT2D eigenvalue weighted by molar-refractivity contribution is 7.92. The summed E-state index contributed by atoms with van der Waals surface area (Å²) in [4.78, 5) is 0. The fourth-order valence-electron chi connectivity index (χ4n) is 1.28. The average Bonchev–Trinajstić information content (AvgIpc) is 2.17. The predicted octanol–water partition coefficient (Wildman–Crippen LogP) is 1.45. The summed E-state index contributed by atoms with van der Waals surface area (Å²) in [5.41, 5.74) is -0.100. The third-order valence-corrected chi connectivity index (χ3v) is 3.76. The summed E-state index contributed by atoms with van der Waals surface area (Å²) in [6.07, 6.45) is 0. The van der Waals surface area contributed by atoms with Gasteiger partial charge < -0.3 is 5.11 Å². The van der Waals surface area contributed by atoms with Crippen LogP contribution in [-0.4, -0.2) is 25.9 Å². The molecule has 5 heteroatoms. The maximum atomic E-state index is 11.8. The van der Waals surface area contributed by atoms with Gasteiger partial charge in [-0.25, -0.2) is 8.42 Å². The van der Waals surface area contributed by atoms with Crippen LogP contribution in [0.2, 0.25) is 0 Å². The van der Waals surface area contributed by atoms with Gasteiger partial charge in [0.05, 0.1) is 5.75 Å². The number of benzene rings is 1. The number of aliphatic hydroxyl groups excluding tert-OH is 1. The molecule has 0 atom stereocenters. The summed E-state index contributed by atoms with van der Waals surface area (Å²) in [5.74, 6) is -0.106. The summed E-state index contributed by atoms with van der Waals surface area (Å²) in [5, 5.41) is 9.03. The highest BCUT2D eigenvalue weighted by Gasteiger charge is 2.25. The smallest absolute Gasteiger partial charge is 0.233 e. The lowest BCUT2D eigenvalue weighted by molar-refractivity contribution is 0.179. The normalized spacial score (nSPS) is 12.4. The zero-order valence-electron chi connectivity index (χ0n) is 9.47. The Morgan fingerprint density at radius 3 is 2.31 bits per heavy atom. The van der Waals surface area contributed by atoms with Crippen LogP contribution in [0, 0.1) is 5.41 Å². The number of nitrogens with one attached hydrogen (secondary N) is 1. The van der Waals surface area contributed by atoms with Gasteiger partial charge in [0.15, 0.2) is 0 Å². The zero-order valence-corrected chi connectivity index (χ0v) is 10.3. The van der Waals surface area contributed by atoms with Gasteiger partial charge in [-0.3, -0.25) is 4.72 Å². The standard InChI is InChI=1S/C11H17NO3S/c1-11(2,8-13)9-16(14,15)12-10-6-4-3-5-7-10/h3-7,12-13H,8-9H2,1-2H3. The molecule has 0 bridgehead atoms. The molecule has 0 aliphatic carbocycles. The monoisotopic (exact) mass is 243 g/mol. The van der Waals surface area contributed by atoms with E-state index in [0.717, 1.165) is 0 Å². The van der Waals surface area contributed by atoms with Crippen molar-refractivity contribution >= 4 is 15.7 Å². The van der Waals surface area contributed by atoms with Crippen molar-refractivity contribution in [3.63, 3.8) is 0 Å². The van der Waals surface area contributed by atoms with Crippen LogP contribution in [0.1, 0.15) is 13.8 Å². The van der Waals surface area contributed by atoms with Crippen LogP contribution in [0.4, 0.5) is 5.69 Å². The Morgan fingerprint density at radius 1 is 1.25 bits per heavy atom. The van der Waals surface area contributed by atoms with E-state index in [0.29, 0.717) is 5.69 Å². The van der Waals surface area contributed by atoms with Crippen molar-refractivity contribution in [3.8, 4) is 0 Å². The number of rotatable bonds is 5. The fraction of sp³-hybridized carbons (Fsp3) is 0.455. The first-order chi connectivity index (χ1) is 7.35. The van der Waals surface area contributed by atoms with Crippen LogP contribution in [0.25, 0.3) is 0 Å². The molecule has 1 aromatic rings. The van der Waals surface area contributed by atoms with Crippen molar-refractivity contribution in [1.82, 2.24) is 0 Å². The molecule has 0 fully saturated rings.